The maximum absolute atomic E-state index is 13.9. The number of amides is 2. The fraction of sp³-hybridized carbons (Fsp3) is 0.435. The number of carbonyl (C=O) groups excluding carboxylic acids is 2. The van der Waals surface area contributed by atoms with Crippen molar-refractivity contribution in [1.29, 1.82) is 0 Å². The first-order chi connectivity index (χ1) is 15.7. The Morgan fingerprint density at radius 1 is 1.24 bits per heavy atom. The molecule has 1 saturated heterocycles. The van der Waals surface area contributed by atoms with Gasteiger partial charge in [-0.25, -0.2) is 4.98 Å². The van der Waals surface area contributed by atoms with E-state index in [4.69, 9.17) is 4.42 Å². The van der Waals surface area contributed by atoms with Gasteiger partial charge in [0.1, 0.15) is 12.2 Å². The Kier molecular flexibility index (Phi) is 5.94. The van der Waals surface area contributed by atoms with Gasteiger partial charge in [0, 0.05) is 36.5 Å². The van der Waals surface area contributed by atoms with Crippen molar-refractivity contribution >= 4 is 17.5 Å². The molecule has 1 aliphatic rings. The van der Waals surface area contributed by atoms with Gasteiger partial charge in [-0.2, -0.15) is 13.2 Å². The van der Waals surface area contributed by atoms with Crippen molar-refractivity contribution in [3.05, 3.63) is 47.8 Å². The average Bonchev–Trinajstić information content (AvgIpc) is 3.44. The molecule has 0 saturated carbocycles. The number of nitrogens with zero attached hydrogens (tertiary/aromatic N) is 4. The quantitative estimate of drug-likeness (QED) is 0.568. The summed E-state index contributed by atoms with van der Waals surface area (Å²) in [5.74, 6) is -0.713. The van der Waals surface area contributed by atoms with E-state index < -0.39 is 17.6 Å². The molecule has 0 spiro atoms. The molecule has 0 aliphatic carbocycles. The van der Waals surface area contributed by atoms with Gasteiger partial charge in [-0.15, -0.1) is 0 Å². The summed E-state index contributed by atoms with van der Waals surface area (Å²) < 4.78 is 48.1. The third-order valence-corrected chi connectivity index (χ3v) is 6.18. The van der Waals surface area contributed by atoms with Crippen LogP contribution in [0.4, 0.5) is 13.2 Å². The number of piperazine rings is 1. The molecule has 1 unspecified atom stereocenters. The largest absolute Gasteiger partial charge is 0.472 e. The molecule has 7 nitrogen and oxygen atoms in total. The number of hydrogen-bond donors (Lipinski definition) is 0. The Labute approximate surface area is 188 Å². The third kappa shape index (κ3) is 4.09. The lowest BCUT2D eigenvalue weighted by atomic mass is 10.1. The van der Waals surface area contributed by atoms with E-state index in [1.54, 1.807) is 17.9 Å². The molecule has 4 rings (SSSR count). The van der Waals surface area contributed by atoms with Crippen LogP contribution >= 0.6 is 0 Å². The minimum atomic E-state index is -4.67. The number of carbonyl (C=O) groups is 2. The molecular weight excluding hydrogens is 437 g/mol. The number of fused-ring (bicyclic) bond motifs is 1. The van der Waals surface area contributed by atoms with Crippen LogP contribution < -0.4 is 0 Å². The molecule has 1 aliphatic heterocycles. The molecule has 4 heterocycles. The molecule has 33 heavy (non-hydrogen) atoms. The Balaban J connectivity index is 1.77. The van der Waals surface area contributed by atoms with Gasteiger partial charge in [0.15, 0.2) is 5.69 Å². The lowest BCUT2D eigenvalue weighted by molar-refractivity contribution is -0.137. The number of halogens is 3. The van der Waals surface area contributed by atoms with Crippen molar-refractivity contribution in [2.24, 2.45) is 0 Å². The predicted molar refractivity (Wildman–Crippen MR) is 115 cm³/mol. The summed E-state index contributed by atoms with van der Waals surface area (Å²) in [4.78, 5) is 33.1. The first-order valence-corrected chi connectivity index (χ1v) is 10.9. The number of hydrogen-bond acceptors (Lipinski definition) is 4. The summed E-state index contributed by atoms with van der Waals surface area (Å²) in [7, 11) is 0. The van der Waals surface area contributed by atoms with Crippen molar-refractivity contribution in [2.45, 2.75) is 45.8 Å². The Bertz CT molecular complexity index is 1180. The predicted octanol–water partition coefficient (Wildman–Crippen LogP) is 4.26. The fourth-order valence-electron chi connectivity index (χ4n) is 4.19. The average molecular weight is 462 g/mol. The van der Waals surface area contributed by atoms with Crippen LogP contribution in [0.5, 0.6) is 0 Å². The molecule has 2 amide bonds. The lowest BCUT2D eigenvalue weighted by Gasteiger charge is -2.37. The smallest absolute Gasteiger partial charge is 0.420 e. The summed E-state index contributed by atoms with van der Waals surface area (Å²) in [5.41, 5.74) is -0.184. The molecule has 176 valence electrons. The van der Waals surface area contributed by atoms with Crippen LogP contribution in [0.25, 0.3) is 16.8 Å². The first kappa shape index (κ1) is 22.9. The summed E-state index contributed by atoms with van der Waals surface area (Å²) in [6.07, 6.45) is 0.685. The van der Waals surface area contributed by atoms with E-state index in [9.17, 15) is 22.8 Å². The zero-order valence-corrected chi connectivity index (χ0v) is 18.6. The zero-order valence-electron chi connectivity index (χ0n) is 18.6. The molecule has 0 radical (unpaired) electrons. The van der Waals surface area contributed by atoms with Crippen molar-refractivity contribution in [3.63, 3.8) is 0 Å². The Morgan fingerprint density at radius 3 is 2.58 bits per heavy atom. The molecule has 10 heteroatoms. The van der Waals surface area contributed by atoms with Gasteiger partial charge in [-0.05, 0) is 31.9 Å². The minimum Gasteiger partial charge on any atom is -0.472 e. The molecule has 1 fully saturated rings. The van der Waals surface area contributed by atoms with E-state index in [0.717, 1.165) is 12.5 Å². The van der Waals surface area contributed by atoms with Gasteiger partial charge in [-0.3, -0.25) is 9.59 Å². The highest BCUT2D eigenvalue weighted by atomic mass is 19.4. The van der Waals surface area contributed by atoms with Crippen LogP contribution in [0, 0.1) is 0 Å². The maximum Gasteiger partial charge on any atom is 0.420 e. The maximum atomic E-state index is 13.9. The van der Waals surface area contributed by atoms with Crippen LogP contribution in [0.2, 0.25) is 0 Å². The van der Waals surface area contributed by atoms with Crippen LogP contribution in [0.3, 0.4) is 0 Å². The Morgan fingerprint density at radius 2 is 2.00 bits per heavy atom. The summed E-state index contributed by atoms with van der Waals surface area (Å²) in [6.45, 7) is 6.25. The number of aryl methyl sites for hydroxylation is 1. The highest BCUT2D eigenvalue weighted by Gasteiger charge is 2.37. The molecule has 0 N–H and O–H groups in total. The van der Waals surface area contributed by atoms with Gasteiger partial charge >= 0.3 is 6.18 Å². The second-order valence-corrected chi connectivity index (χ2v) is 8.18. The van der Waals surface area contributed by atoms with Gasteiger partial charge in [0.2, 0.25) is 5.91 Å². The monoisotopic (exact) mass is 462 g/mol. The van der Waals surface area contributed by atoms with Gasteiger partial charge in [-0.1, -0.05) is 13.8 Å². The number of alkyl halides is 3. The van der Waals surface area contributed by atoms with Gasteiger partial charge < -0.3 is 18.6 Å². The zero-order chi connectivity index (χ0) is 23.9. The highest BCUT2D eigenvalue weighted by molar-refractivity contribution is 5.97. The van der Waals surface area contributed by atoms with Crippen LogP contribution in [0.15, 0.2) is 35.3 Å². The van der Waals surface area contributed by atoms with Crippen LogP contribution in [-0.4, -0.2) is 56.7 Å². The topological polar surface area (TPSA) is 71.1 Å². The van der Waals surface area contributed by atoms with Crippen LogP contribution in [-0.2, 0) is 17.4 Å². The summed E-state index contributed by atoms with van der Waals surface area (Å²) in [5, 5.41) is 0. The van der Waals surface area contributed by atoms with Crippen molar-refractivity contribution in [3.8, 4) is 11.1 Å². The first-order valence-electron chi connectivity index (χ1n) is 10.9. The lowest BCUT2D eigenvalue weighted by Crippen LogP contribution is -2.54. The summed E-state index contributed by atoms with van der Waals surface area (Å²) in [6, 6.07) is 2.64. The number of aromatic nitrogens is 2. The van der Waals surface area contributed by atoms with E-state index in [2.05, 4.69) is 4.98 Å². The minimum absolute atomic E-state index is 0.0582. The number of pyridine rings is 1. The molecule has 3 aromatic heterocycles. The number of imidazole rings is 1. The van der Waals surface area contributed by atoms with Crippen molar-refractivity contribution < 1.29 is 27.2 Å². The second kappa shape index (κ2) is 8.57. The molecule has 1 atom stereocenters. The van der Waals surface area contributed by atoms with E-state index >= 15 is 0 Å². The summed E-state index contributed by atoms with van der Waals surface area (Å²) >= 11 is 0. The number of rotatable bonds is 5. The van der Waals surface area contributed by atoms with Crippen LogP contribution in [0.1, 0.15) is 48.9 Å². The third-order valence-electron chi connectivity index (χ3n) is 6.18. The standard InChI is InChI=1S/C23H25F3N4O3/c1-4-14(3)29-8-7-28(12-19(29)31)22(32)20-18(5-2)30-11-16(15-6-9-33-13-15)10-17(21(30)27-20)23(24,25)26/h6,9-11,13-14H,4-5,7-8,12H2,1-3H3. The molecule has 3 aromatic rings. The van der Waals surface area contributed by atoms with Gasteiger partial charge in [0.05, 0.1) is 23.8 Å². The molecular formula is C23H25F3N4O3. The fourth-order valence-corrected chi connectivity index (χ4v) is 4.19. The van der Waals surface area contributed by atoms with Crippen molar-refractivity contribution in [1.82, 2.24) is 19.2 Å². The van der Waals surface area contributed by atoms with E-state index in [0.29, 0.717) is 29.9 Å². The van der Waals surface area contributed by atoms with Gasteiger partial charge in [0.25, 0.3) is 5.91 Å². The van der Waals surface area contributed by atoms with E-state index in [1.165, 1.54) is 28.0 Å². The normalized spacial score (nSPS) is 16.0. The van der Waals surface area contributed by atoms with Crippen molar-refractivity contribution in [2.75, 3.05) is 19.6 Å². The second-order valence-electron chi connectivity index (χ2n) is 8.18. The van der Waals surface area contributed by atoms with E-state index in [-0.39, 0.29) is 36.3 Å². The molecule has 0 aromatic carbocycles. The molecule has 0 bridgehead atoms. The number of furan rings is 1. The highest BCUT2D eigenvalue weighted by Crippen LogP contribution is 2.36. The SMILES string of the molecule is CCc1c(C(=O)N2CCN(C(C)CC)C(=O)C2)nc2c(C(F)(F)F)cc(-c3ccoc3)cn12. The Hall–Kier alpha value is -3.30. The van der Waals surface area contributed by atoms with E-state index in [1.807, 2.05) is 13.8 Å².